The lowest BCUT2D eigenvalue weighted by atomic mass is 10.8. The van der Waals surface area contributed by atoms with Crippen LogP contribution in [0.1, 0.15) is 0 Å². The number of nitrogens with two attached hydrogens (primary N) is 1. The molecule has 0 heterocycles. The summed E-state index contributed by atoms with van der Waals surface area (Å²) in [7, 11) is 0. The van der Waals surface area contributed by atoms with Gasteiger partial charge in [0.2, 0.25) is 0 Å². The van der Waals surface area contributed by atoms with Gasteiger partial charge >= 0.3 is 0 Å². The molecule has 0 aliphatic heterocycles. The quantitative estimate of drug-likeness (QED) is 0.297. The molecular weight excluding hydrogens is 90.1 g/mol. The second-order valence-electron chi connectivity index (χ2n) is 0.779. The fourth-order valence-corrected chi connectivity index (χ4v) is 0.138. The molecule has 0 fully saturated rings. The van der Waals surface area contributed by atoms with Crippen LogP contribution in [-0.4, -0.2) is 12.4 Å². The van der Waals surface area contributed by atoms with Crippen LogP contribution in [-0.2, 0) is 0 Å². The monoisotopic (exact) mass is 97.1 g/mol. The summed E-state index contributed by atoms with van der Waals surface area (Å²) in [5.41, 5.74) is 0. The van der Waals surface area contributed by atoms with Gasteiger partial charge in [0, 0.05) is 12.4 Å². The standard InChI is InChI=1S/C4H7N3/c1-2-6-3-4-7-5/h2-4H,1,5H2/b6-3?,7-4-. The van der Waals surface area contributed by atoms with Gasteiger partial charge in [0.25, 0.3) is 0 Å². The summed E-state index contributed by atoms with van der Waals surface area (Å²) in [6.45, 7) is 3.33. The molecule has 0 radical (unpaired) electrons. The van der Waals surface area contributed by atoms with E-state index in [1.165, 1.54) is 18.6 Å². The van der Waals surface area contributed by atoms with Gasteiger partial charge in [0.1, 0.15) is 0 Å². The molecule has 0 bridgehead atoms. The van der Waals surface area contributed by atoms with Crippen molar-refractivity contribution in [3.8, 4) is 0 Å². The summed E-state index contributed by atoms with van der Waals surface area (Å²) in [6, 6.07) is 0. The van der Waals surface area contributed by atoms with E-state index < -0.39 is 0 Å². The average Bonchev–Trinajstić information content (AvgIpc) is 1.69. The maximum atomic E-state index is 4.71. The second-order valence-corrected chi connectivity index (χ2v) is 0.779. The molecule has 0 rings (SSSR count). The molecule has 0 saturated carbocycles. The van der Waals surface area contributed by atoms with Gasteiger partial charge in [-0.25, -0.2) is 0 Å². The maximum absolute atomic E-state index is 4.71. The van der Waals surface area contributed by atoms with E-state index in [-0.39, 0.29) is 0 Å². The molecule has 38 valence electrons. The second kappa shape index (κ2) is 4.88. The van der Waals surface area contributed by atoms with Crippen molar-refractivity contribution in [1.29, 1.82) is 0 Å². The first-order valence-electron chi connectivity index (χ1n) is 1.77. The van der Waals surface area contributed by atoms with E-state index in [4.69, 9.17) is 5.84 Å². The molecule has 0 spiro atoms. The van der Waals surface area contributed by atoms with Gasteiger partial charge in [0.15, 0.2) is 0 Å². The number of nitrogens with zero attached hydrogens (tertiary/aromatic N) is 2. The number of hydrogen-bond donors (Lipinski definition) is 1. The Balaban J connectivity index is 3.27. The van der Waals surface area contributed by atoms with Crippen molar-refractivity contribution in [3.05, 3.63) is 12.8 Å². The third kappa shape index (κ3) is 4.88. The lowest BCUT2D eigenvalue weighted by Crippen LogP contribution is -1.81. The molecule has 0 amide bonds. The van der Waals surface area contributed by atoms with E-state index in [1.807, 2.05) is 0 Å². The largest absolute Gasteiger partial charge is 0.323 e. The number of hydrogen-bond acceptors (Lipinski definition) is 3. The third-order valence-electron chi connectivity index (χ3n) is 0.344. The molecule has 0 saturated heterocycles. The molecule has 0 aliphatic rings. The highest BCUT2D eigenvalue weighted by Crippen LogP contribution is 1.58. The van der Waals surface area contributed by atoms with E-state index in [0.717, 1.165) is 0 Å². The summed E-state index contributed by atoms with van der Waals surface area (Å²) in [4.78, 5) is 3.57. The Hall–Kier alpha value is -1.12. The minimum absolute atomic E-state index is 1.38. The average molecular weight is 97.1 g/mol. The first-order valence-corrected chi connectivity index (χ1v) is 1.77. The lowest BCUT2D eigenvalue weighted by Gasteiger charge is -1.66. The van der Waals surface area contributed by atoms with Gasteiger partial charge in [-0.15, -0.1) is 0 Å². The van der Waals surface area contributed by atoms with Crippen LogP contribution in [0.3, 0.4) is 0 Å². The predicted octanol–water partition coefficient (Wildman–Crippen LogP) is 0.145. The zero-order chi connectivity index (χ0) is 5.54. The van der Waals surface area contributed by atoms with Gasteiger partial charge in [-0.1, -0.05) is 6.58 Å². The van der Waals surface area contributed by atoms with E-state index in [9.17, 15) is 0 Å². The Morgan fingerprint density at radius 2 is 2.14 bits per heavy atom. The minimum atomic E-state index is 1.38. The Bertz CT molecular complexity index is 93.1. The van der Waals surface area contributed by atoms with Crippen LogP contribution in [0.5, 0.6) is 0 Å². The summed E-state index contributed by atoms with van der Waals surface area (Å²) in [5, 5.41) is 3.15. The van der Waals surface area contributed by atoms with Crippen molar-refractivity contribution in [2.24, 2.45) is 15.9 Å². The van der Waals surface area contributed by atoms with Crippen molar-refractivity contribution in [2.75, 3.05) is 0 Å². The Morgan fingerprint density at radius 1 is 1.43 bits per heavy atom. The smallest absolute Gasteiger partial charge is 0.0648 e. The molecule has 0 aromatic rings. The Morgan fingerprint density at radius 3 is 2.57 bits per heavy atom. The highest BCUT2D eigenvalue weighted by Gasteiger charge is 1.53. The van der Waals surface area contributed by atoms with Crippen LogP contribution in [0.25, 0.3) is 0 Å². The van der Waals surface area contributed by atoms with E-state index in [1.54, 1.807) is 0 Å². The molecule has 3 heteroatoms. The number of rotatable bonds is 2. The fraction of sp³-hybridized carbons (Fsp3) is 0. The van der Waals surface area contributed by atoms with Gasteiger partial charge in [-0.2, -0.15) is 5.10 Å². The predicted molar refractivity (Wildman–Crippen MR) is 31.4 cm³/mol. The number of hydrazone groups is 1. The normalized spacial score (nSPS) is 10.9. The maximum Gasteiger partial charge on any atom is 0.0648 e. The Labute approximate surface area is 42.2 Å². The fourth-order valence-electron chi connectivity index (χ4n) is 0.138. The van der Waals surface area contributed by atoms with Gasteiger partial charge in [-0.05, 0) is 0 Å². The number of aliphatic imine (C=N–C) groups is 1. The summed E-state index contributed by atoms with van der Waals surface area (Å²) in [6.07, 6.45) is 4.23. The van der Waals surface area contributed by atoms with Crippen LogP contribution in [0.15, 0.2) is 22.9 Å². The zero-order valence-corrected chi connectivity index (χ0v) is 3.91. The molecule has 3 nitrogen and oxygen atoms in total. The highest BCUT2D eigenvalue weighted by atomic mass is 15.1. The summed E-state index contributed by atoms with van der Waals surface area (Å²) < 4.78 is 0. The molecule has 0 aromatic heterocycles. The molecular formula is C4H7N3. The third-order valence-corrected chi connectivity index (χ3v) is 0.344. The minimum Gasteiger partial charge on any atom is -0.323 e. The van der Waals surface area contributed by atoms with Crippen LogP contribution in [0.2, 0.25) is 0 Å². The molecule has 7 heavy (non-hydrogen) atoms. The van der Waals surface area contributed by atoms with Crippen molar-refractivity contribution >= 4 is 12.4 Å². The molecule has 0 unspecified atom stereocenters. The topological polar surface area (TPSA) is 50.7 Å². The van der Waals surface area contributed by atoms with Gasteiger partial charge in [0.05, 0.1) is 6.21 Å². The van der Waals surface area contributed by atoms with E-state index in [0.29, 0.717) is 0 Å². The molecule has 0 aliphatic carbocycles. The molecule has 2 N–H and O–H groups in total. The zero-order valence-electron chi connectivity index (χ0n) is 3.91. The Kier molecular flexibility index (Phi) is 4.10. The first kappa shape index (κ1) is 5.88. The van der Waals surface area contributed by atoms with Crippen molar-refractivity contribution in [1.82, 2.24) is 0 Å². The first-order chi connectivity index (χ1) is 3.41. The van der Waals surface area contributed by atoms with Gasteiger partial charge in [-0.3, -0.25) is 4.99 Å². The van der Waals surface area contributed by atoms with E-state index >= 15 is 0 Å². The highest BCUT2D eigenvalue weighted by molar-refractivity contribution is 6.16. The lowest BCUT2D eigenvalue weighted by molar-refractivity contribution is 1.27. The van der Waals surface area contributed by atoms with E-state index in [2.05, 4.69) is 16.7 Å². The van der Waals surface area contributed by atoms with Crippen LogP contribution in [0.4, 0.5) is 0 Å². The van der Waals surface area contributed by atoms with Gasteiger partial charge < -0.3 is 5.84 Å². The van der Waals surface area contributed by atoms with Crippen LogP contribution >= 0.6 is 0 Å². The van der Waals surface area contributed by atoms with Crippen molar-refractivity contribution in [2.45, 2.75) is 0 Å². The SMILES string of the molecule is C=CN=C/C=N\N. The summed E-state index contributed by atoms with van der Waals surface area (Å²) >= 11 is 0. The summed E-state index contributed by atoms with van der Waals surface area (Å²) in [5.74, 6) is 4.71. The van der Waals surface area contributed by atoms with Crippen LogP contribution in [0, 0.1) is 0 Å². The molecule has 0 atom stereocenters. The van der Waals surface area contributed by atoms with Crippen molar-refractivity contribution < 1.29 is 0 Å². The van der Waals surface area contributed by atoms with Crippen LogP contribution < -0.4 is 5.84 Å². The molecule has 0 aromatic carbocycles. The van der Waals surface area contributed by atoms with Crippen molar-refractivity contribution in [3.63, 3.8) is 0 Å².